The number of aryl methyl sites for hydroxylation is 1. The molecule has 0 saturated carbocycles. The zero-order valence-corrected chi connectivity index (χ0v) is 18.7. The topological polar surface area (TPSA) is 68.5 Å². The van der Waals surface area contributed by atoms with E-state index in [-0.39, 0.29) is 22.9 Å². The molecule has 0 radical (unpaired) electrons. The molecule has 1 amide bonds. The number of aromatic nitrogens is 1. The third-order valence-electron chi connectivity index (χ3n) is 4.14. The van der Waals surface area contributed by atoms with E-state index in [1.54, 1.807) is 17.8 Å². The Morgan fingerprint density at radius 3 is 2.66 bits per heavy atom. The maximum Gasteiger partial charge on any atom is 0.249 e. The number of sulfone groups is 1. The van der Waals surface area contributed by atoms with Gasteiger partial charge in [0.2, 0.25) is 5.91 Å². The quantitative estimate of drug-likeness (QED) is 0.518. The lowest BCUT2D eigenvalue weighted by atomic mass is 10.3. The number of amides is 1. The Balaban J connectivity index is 1.84. The van der Waals surface area contributed by atoms with Gasteiger partial charge in [-0.05, 0) is 48.7 Å². The molecule has 0 aliphatic heterocycles. The number of thioether (sulfide) groups is 1. The minimum Gasteiger partial charge on any atom is -0.316 e. The van der Waals surface area contributed by atoms with Crippen molar-refractivity contribution in [2.45, 2.75) is 17.9 Å². The molecule has 0 N–H and O–H groups in total. The fourth-order valence-electron chi connectivity index (χ4n) is 2.68. The summed E-state index contributed by atoms with van der Waals surface area (Å²) in [5.74, 6) is -0.438. The van der Waals surface area contributed by atoms with Crippen molar-refractivity contribution in [1.29, 1.82) is 0 Å². The van der Waals surface area contributed by atoms with Crippen molar-refractivity contribution in [1.82, 2.24) is 4.57 Å². The second-order valence-electron chi connectivity index (χ2n) is 6.17. The summed E-state index contributed by atoms with van der Waals surface area (Å²) in [7, 11) is -3.61. The van der Waals surface area contributed by atoms with E-state index in [0.717, 1.165) is 11.3 Å². The molecule has 154 valence electrons. The number of hydrogen-bond acceptors (Lipinski definition) is 5. The second kappa shape index (κ2) is 9.42. The molecule has 2 aromatic carbocycles. The molecule has 3 rings (SSSR count). The van der Waals surface area contributed by atoms with Gasteiger partial charge in [-0.1, -0.05) is 22.9 Å². The number of benzene rings is 2. The molecule has 1 aromatic heterocycles. The summed E-state index contributed by atoms with van der Waals surface area (Å²) in [5, 5.41) is 0.436. The van der Waals surface area contributed by atoms with Crippen LogP contribution in [0.5, 0.6) is 0 Å². The van der Waals surface area contributed by atoms with Crippen LogP contribution in [0.15, 0.2) is 52.4 Å². The van der Waals surface area contributed by atoms with Crippen molar-refractivity contribution in [3.63, 3.8) is 0 Å². The number of carbonyl (C=O) groups is 1. The summed E-state index contributed by atoms with van der Waals surface area (Å²) >= 11 is 8.64. The number of hydrogen-bond donors (Lipinski definition) is 0. The van der Waals surface area contributed by atoms with Crippen LogP contribution in [0.4, 0.5) is 4.39 Å². The van der Waals surface area contributed by atoms with E-state index in [4.69, 9.17) is 11.6 Å². The molecule has 5 nitrogen and oxygen atoms in total. The van der Waals surface area contributed by atoms with Crippen molar-refractivity contribution < 1.29 is 17.6 Å². The van der Waals surface area contributed by atoms with Gasteiger partial charge in [0.05, 0.1) is 20.9 Å². The number of carbonyl (C=O) groups excluding carboxylic acids is 1. The van der Waals surface area contributed by atoms with Gasteiger partial charge >= 0.3 is 0 Å². The highest BCUT2D eigenvalue weighted by Gasteiger charge is 2.17. The maximum absolute atomic E-state index is 13.6. The van der Waals surface area contributed by atoms with Crippen molar-refractivity contribution in [2.75, 3.05) is 17.8 Å². The first-order valence-corrected chi connectivity index (χ1v) is 12.9. The first-order chi connectivity index (χ1) is 13.8. The lowest BCUT2D eigenvalue weighted by Gasteiger charge is -2.04. The maximum atomic E-state index is 13.6. The molecule has 10 heteroatoms. The third kappa shape index (κ3) is 5.48. The average Bonchev–Trinajstić information content (AvgIpc) is 3.01. The van der Waals surface area contributed by atoms with Crippen molar-refractivity contribution in [2.24, 2.45) is 4.99 Å². The number of nitrogens with zero attached hydrogens (tertiary/aromatic N) is 2. The molecule has 0 unspecified atom stereocenters. The largest absolute Gasteiger partial charge is 0.316 e. The predicted octanol–water partition coefficient (Wildman–Crippen LogP) is 4.15. The SMILES string of the molecule is CSCCn1c(=NC(=O)CCS(=O)(=O)c2ccc(Cl)cc2)sc2cc(F)ccc21. The van der Waals surface area contributed by atoms with Gasteiger partial charge in [0, 0.05) is 23.7 Å². The Morgan fingerprint density at radius 1 is 1.24 bits per heavy atom. The monoisotopic (exact) mass is 472 g/mol. The molecular weight excluding hydrogens is 455 g/mol. The van der Waals surface area contributed by atoms with Crippen LogP contribution >= 0.6 is 34.7 Å². The normalized spacial score (nSPS) is 12.6. The van der Waals surface area contributed by atoms with Gasteiger partial charge in [0.1, 0.15) is 5.82 Å². The molecule has 0 spiro atoms. The standard InChI is InChI=1S/C19H18ClFN2O3S3/c1-27-10-9-23-16-7-4-14(21)12-17(16)28-19(23)22-18(24)8-11-29(25,26)15-5-2-13(20)3-6-15/h2-7,12H,8-11H2,1H3. The first kappa shape index (κ1) is 22.0. The Morgan fingerprint density at radius 2 is 1.97 bits per heavy atom. The molecule has 0 saturated heterocycles. The van der Waals surface area contributed by atoms with Gasteiger partial charge in [0.25, 0.3) is 0 Å². The highest BCUT2D eigenvalue weighted by molar-refractivity contribution is 7.98. The molecule has 0 aliphatic carbocycles. The van der Waals surface area contributed by atoms with Gasteiger partial charge in [-0.15, -0.1) is 0 Å². The molecule has 1 heterocycles. The van der Waals surface area contributed by atoms with E-state index < -0.39 is 15.7 Å². The highest BCUT2D eigenvalue weighted by atomic mass is 35.5. The lowest BCUT2D eigenvalue weighted by Crippen LogP contribution is -2.19. The minimum atomic E-state index is -3.61. The van der Waals surface area contributed by atoms with Gasteiger partial charge in [0.15, 0.2) is 14.6 Å². The molecule has 3 aromatic rings. The Bertz CT molecular complexity index is 1200. The fraction of sp³-hybridized carbons (Fsp3) is 0.263. The Hall–Kier alpha value is -1.68. The molecule has 0 fully saturated rings. The molecular formula is C19H18ClFN2O3S3. The van der Waals surface area contributed by atoms with Crippen LogP contribution in [0, 0.1) is 5.82 Å². The first-order valence-electron chi connectivity index (χ1n) is 8.64. The van der Waals surface area contributed by atoms with E-state index in [2.05, 4.69) is 4.99 Å². The summed E-state index contributed by atoms with van der Waals surface area (Å²) in [6, 6.07) is 10.2. The summed E-state index contributed by atoms with van der Waals surface area (Å²) in [5.41, 5.74) is 0.797. The lowest BCUT2D eigenvalue weighted by molar-refractivity contribution is -0.117. The Labute approximate surface area is 181 Å². The van der Waals surface area contributed by atoms with Crippen molar-refractivity contribution >= 4 is 60.7 Å². The van der Waals surface area contributed by atoms with E-state index in [1.807, 2.05) is 10.8 Å². The zero-order chi connectivity index (χ0) is 21.0. The van der Waals surface area contributed by atoms with Crippen LogP contribution in [0.1, 0.15) is 6.42 Å². The zero-order valence-electron chi connectivity index (χ0n) is 15.5. The van der Waals surface area contributed by atoms with Gasteiger partial charge in [-0.3, -0.25) is 4.79 Å². The fourth-order valence-corrected chi connectivity index (χ4v) is 5.49. The van der Waals surface area contributed by atoms with Crippen molar-refractivity contribution in [3.8, 4) is 0 Å². The van der Waals surface area contributed by atoms with Crippen LogP contribution in [0.3, 0.4) is 0 Å². The molecule has 0 atom stereocenters. The summed E-state index contributed by atoms with van der Waals surface area (Å²) in [4.78, 5) is 17.0. The number of rotatable bonds is 7. The smallest absolute Gasteiger partial charge is 0.249 e. The van der Waals surface area contributed by atoms with Crippen molar-refractivity contribution in [3.05, 3.63) is 58.1 Å². The van der Waals surface area contributed by atoms with E-state index in [9.17, 15) is 17.6 Å². The van der Waals surface area contributed by atoms with E-state index >= 15 is 0 Å². The summed E-state index contributed by atoms with van der Waals surface area (Å²) < 4.78 is 40.9. The number of halogens is 2. The molecule has 29 heavy (non-hydrogen) atoms. The van der Waals surface area contributed by atoms with Crippen LogP contribution in [0.2, 0.25) is 5.02 Å². The van der Waals surface area contributed by atoms with E-state index in [0.29, 0.717) is 21.1 Å². The number of thiazole rings is 1. The van der Waals surface area contributed by atoms with E-state index in [1.165, 1.54) is 47.7 Å². The minimum absolute atomic E-state index is 0.113. The third-order valence-corrected chi connectivity index (χ3v) is 7.76. The van der Waals surface area contributed by atoms with Crippen LogP contribution in [-0.2, 0) is 21.2 Å². The molecule has 0 bridgehead atoms. The summed E-state index contributed by atoms with van der Waals surface area (Å²) in [6.07, 6.45) is 1.73. The average molecular weight is 473 g/mol. The van der Waals surface area contributed by atoms with Gasteiger partial charge < -0.3 is 4.57 Å². The van der Waals surface area contributed by atoms with Crippen LogP contribution < -0.4 is 4.80 Å². The number of fused-ring (bicyclic) bond motifs is 1. The highest BCUT2D eigenvalue weighted by Crippen LogP contribution is 2.19. The van der Waals surface area contributed by atoms with Gasteiger partial charge in [-0.2, -0.15) is 16.8 Å². The van der Waals surface area contributed by atoms with Crippen LogP contribution in [0.25, 0.3) is 10.2 Å². The summed E-state index contributed by atoms with van der Waals surface area (Å²) in [6.45, 7) is 0.613. The Kier molecular flexibility index (Phi) is 7.15. The van der Waals surface area contributed by atoms with Gasteiger partial charge in [-0.25, -0.2) is 12.8 Å². The molecule has 0 aliphatic rings. The second-order valence-corrected chi connectivity index (χ2v) is 10.7. The predicted molar refractivity (Wildman–Crippen MR) is 117 cm³/mol. The van der Waals surface area contributed by atoms with Crippen LogP contribution in [-0.4, -0.2) is 36.7 Å².